The molecule has 4 unspecified atom stereocenters. The zero-order valence-electron chi connectivity index (χ0n) is 22.5. The van der Waals surface area contributed by atoms with Crippen LogP contribution in [0.25, 0.3) is 0 Å². The van der Waals surface area contributed by atoms with E-state index in [-0.39, 0.29) is 45.6 Å². The van der Waals surface area contributed by atoms with E-state index in [4.69, 9.17) is 22.1 Å². The fraction of sp³-hybridized carbons (Fsp3) is 0.364. The Kier molecular flexibility index (Phi) is 7.13. The summed E-state index contributed by atoms with van der Waals surface area (Å²) in [6.45, 7) is 2.27. The number of nitrogens with one attached hydrogen (secondary N) is 1. The fourth-order valence-electron chi connectivity index (χ4n) is 6.91. The molecule has 3 aliphatic carbocycles. The Hall–Kier alpha value is -3.64. The topological polar surface area (TPSA) is 98.5 Å². The molecule has 3 aliphatic rings. The highest BCUT2D eigenvalue weighted by Gasteiger charge is 2.39. The fourth-order valence-corrected chi connectivity index (χ4v) is 7.04. The Balaban J connectivity index is 1.34. The van der Waals surface area contributed by atoms with Crippen molar-refractivity contribution in [1.29, 1.82) is 0 Å². The summed E-state index contributed by atoms with van der Waals surface area (Å²) in [7, 11) is 0. The van der Waals surface area contributed by atoms with Crippen LogP contribution in [-0.2, 0) is 4.74 Å². The predicted octanol–water partition coefficient (Wildman–Crippen LogP) is 7.59. The monoisotopic (exact) mass is 556 g/mol. The summed E-state index contributed by atoms with van der Waals surface area (Å²) in [5, 5.41) is 3.78. The van der Waals surface area contributed by atoms with Crippen LogP contribution in [0.4, 0.5) is 17.1 Å². The van der Waals surface area contributed by atoms with Crippen LogP contribution in [0.3, 0.4) is 0 Å². The Labute approximate surface area is 239 Å². The van der Waals surface area contributed by atoms with Gasteiger partial charge in [-0.25, -0.2) is 4.79 Å². The van der Waals surface area contributed by atoms with Gasteiger partial charge in [-0.2, -0.15) is 0 Å². The number of ether oxygens (including phenoxy) is 1. The number of benzene rings is 3. The number of halogens is 1. The van der Waals surface area contributed by atoms with Crippen LogP contribution in [0.15, 0.2) is 54.6 Å². The smallest absolute Gasteiger partial charge is 0.340 e. The summed E-state index contributed by atoms with van der Waals surface area (Å²) in [4.78, 5) is 40.9. The average molecular weight is 557 g/mol. The van der Waals surface area contributed by atoms with Gasteiger partial charge >= 0.3 is 5.97 Å². The first-order chi connectivity index (χ1) is 19.3. The zero-order valence-corrected chi connectivity index (χ0v) is 23.3. The molecule has 0 saturated heterocycles. The second-order valence-corrected chi connectivity index (χ2v) is 11.9. The maximum absolute atomic E-state index is 13.7. The molecule has 0 spiro atoms. The third-order valence-electron chi connectivity index (χ3n) is 9.11. The second-order valence-electron chi connectivity index (χ2n) is 11.4. The first-order valence-electron chi connectivity index (χ1n) is 14.2. The molecule has 7 heteroatoms. The van der Waals surface area contributed by atoms with Crippen LogP contribution < -0.4 is 11.1 Å². The van der Waals surface area contributed by atoms with Crippen molar-refractivity contribution in [3.05, 3.63) is 87.4 Å². The quantitative estimate of drug-likeness (QED) is 0.194. The summed E-state index contributed by atoms with van der Waals surface area (Å²) in [5.41, 5.74) is 8.34. The molecule has 206 valence electrons. The summed E-state index contributed by atoms with van der Waals surface area (Å²) < 4.78 is 6.04. The van der Waals surface area contributed by atoms with E-state index in [0.29, 0.717) is 33.8 Å². The number of nitrogens with two attached hydrogens (primary N) is 1. The number of ketones is 2. The lowest BCUT2D eigenvalue weighted by molar-refractivity contribution is -0.00584. The molecule has 3 N–H and O–H groups in total. The largest absolute Gasteiger partial charge is 0.459 e. The summed E-state index contributed by atoms with van der Waals surface area (Å²) in [5.74, 6) is 0.824. The number of carbonyl (C=O) groups is 3. The number of rotatable bonds is 5. The molecule has 0 radical (unpaired) electrons. The van der Waals surface area contributed by atoms with Crippen molar-refractivity contribution in [3.63, 3.8) is 0 Å². The van der Waals surface area contributed by atoms with Crippen molar-refractivity contribution < 1.29 is 19.1 Å². The van der Waals surface area contributed by atoms with Gasteiger partial charge in [0.15, 0.2) is 11.6 Å². The molecule has 40 heavy (non-hydrogen) atoms. The maximum Gasteiger partial charge on any atom is 0.340 e. The molecule has 3 aromatic carbocycles. The Bertz CT molecular complexity index is 1500. The minimum atomic E-state index is -0.566. The molecule has 2 saturated carbocycles. The van der Waals surface area contributed by atoms with Crippen molar-refractivity contribution in [2.45, 2.75) is 58.0 Å². The van der Waals surface area contributed by atoms with E-state index in [1.54, 1.807) is 54.6 Å². The number of hydrogen-bond acceptors (Lipinski definition) is 6. The summed E-state index contributed by atoms with van der Waals surface area (Å²) in [6.07, 6.45) is 7.50. The molecule has 0 bridgehead atoms. The molecule has 0 aromatic heterocycles. The van der Waals surface area contributed by atoms with Crippen LogP contribution >= 0.6 is 11.6 Å². The molecule has 3 aromatic rings. The molecule has 0 heterocycles. The molecule has 6 rings (SSSR count). The minimum Gasteiger partial charge on any atom is -0.459 e. The lowest BCUT2D eigenvalue weighted by atomic mass is 9.66. The average Bonchev–Trinajstić information content (AvgIpc) is 2.97. The van der Waals surface area contributed by atoms with Crippen LogP contribution in [0, 0.1) is 17.8 Å². The third-order valence-corrected chi connectivity index (χ3v) is 9.36. The van der Waals surface area contributed by atoms with Gasteiger partial charge in [-0.3, -0.25) is 9.59 Å². The van der Waals surface area contributed by atoms with Crippen molar-refractivity contribution in [2.24, 2.45) is 17.8 Å². The van der Waals surface area contributed by atoms with E-state index in [2.05, 4.69) is 12.2 Å². The summed E-state index contributed by atoms with van der Waals surface area (Å²) in [6, 6.07) is 15.2. The number of esters is 1. The SMILES string of the molecule is CCC1CCC2CC(OC(=O)c3cc(Nc4ccc(Cl)cc4)c4c(c3N)C(=O)c3ccccc3C4=O)CCC2C1. The van der Waals surface area contributed by atoms with E-state index >= 15 is 0 Å². The van der Waals surface area contributed by atoms with Gasteiger partial charge in [-0.1, -0.05) is 55.6 Å². The number of hydrogen-bond donors (Lipinski definition) is 2. The Morgan fingerprint density at radius 3 is 2.27 bits per heavy atom. The van der Waals surface area contributed by atoms with Crippen molar-refractivity contribution >= 4 is 46.2 Å². The normalized spacial score (nSPS) is 23.6. The second kappa shape index (κ2) is 10.7. The molecule has 6 nitrogen and oxygen atoms in total. The van der Waals surface area contributed by atoms with E-state index < -0.39 is 5.97 Å². The zero-order chi connectivity index (χ0) is 28.0. The number of anilines is 3. The molecule has 2 fully saturated rings. The van der Waals surface area contributed by atoms with Gasteiger partial charge in [0.25, 0.3) is 0 Å². The standard InChI is InChI=1S/C33H33ClN2O4/c1-2-18-7-8-20-16-23(14-9-19(20)15-18)40-33(39)26-17-27(36-22-12-10-21(34)11-13-22)28-29(30(26)35)32(38)25-6-4-3-5-24(25)31(28)37/h3-6,10-13,17-20,23,36H,2,7-9,14-16,35H2,1H3. The van der Waals surface area contributed by atoms with Crippen LogP contribution in [-0.4, -0.2) is 23.6 Å². The van der Waals surface area contributed by atoms with Gasteiger partial charge in [0.1, 0.15) is 6.10 Å². The molecule has 0 aliphatic heterocycles. The van der Waals surface area contributed by atoms with Crippen molar-refractivity contribution in [3.8, 4) is 0 Å². The van der Waals surface area contributed by atoms with E-state index in [0.717, 1.165) is 25.2 Å². The van der Waals surface area contributed by atoms with Crippen LogP contribution in [0.1, 0.15) is 94.1 Å². The number of carbonyl (C=O) groups excluding carboxylic acids is 3. The summed E-state index contributed by atoms with van der Waals surface area (Å²) >= 11 is 6.06. The number of fused-ring (bicyclic) bond motifs is 3. The van der Waals surface area contributed by atoms with Crippen LogP contribution in [0.5, 0.6) is 0 Å². The maximum atomic E-state index is 13.7. The minimum absolute atomic E-state index is 0.0216. The van der Waals surface area contributed by atoms with Gasteiger partial charge < -0.3 is 15.8 Å². The van der Waals surface area contributed by atoms with Gasteiger partial charge in [0.05, 0.1) is 28.1 Å². The van der Waals surface area contributed by atoms with Gasteiger partial charge in [0.2, 0.25) is 0 Å². The van der Waals surface area contributed by atoms with E-state index in [9.17, 15) is 14.4 Å². The Morgan fingerprint density at radius 2 is 1.57 bits per heavy atom. The number of nitrogen functional groups attached to an aromatic ring is 1. The molecular formula is C33H33ClN2O4. The first-order valence-corrected chi connectivity index (χ1v) is 14.6. The highest BCUT2D eigenvalue weighted by Crippen LogP contribution is 2.45. The van der Waals surface area contributed by atoms with Crippen molar-refractivity contribution in [1.82, 2.24) is 0 Å². The highest BCUT2D eigenvalue weighted by molar-refractivity contribution is 6.33. The lowest BCUT2D eigenvalue weighted by Gasteiger charge is -2.41. The molecular weight excluding hydrogens is 524 g/mol. The lowest BCUT2D eigenvalue weighted by Crippen LogP contribution is -2.35. The molecule has 4 atom stereocenters. The Morgan fingerprint density at radius 1 is 0.925 bits per heavy atom. The van der Waals surface area contributed by atoms with Crippen molar-refractivity contribution in [2.75, 3.05) is 11.1 Å². The van der Waals surface area contributed by atoms with E-state index in [1.807, 2.05) is 0 Å². The predicted molar refractivity (Wildman–Crippen MR) is 157 cm³/mol. The highest BCUT2D eigenvalue weighted by atomic mass is 35.5. The third kappa shape index (κ3) is 4.79. The van der Waals surface area contributed by atoms with Gasteiger partial charge in [0, 0.05) is 21.8 Å². The van der Waals surface area contributed by atoms with Crippen LogP contribution in [0.2, 0.25) is 5.02 Å². The van der Waals surface area contributed by atoms with E-state index in [1.165, 1.54) is 25.7 Å². The van der Waals surface area contributed by atoms with Gasteiger partial charge in [-0.15, -0.1) is 0 Å². The molecule has 0 amide bonds. The first kappa shape index (κ1) is 26.6. The van der Waals surface area contributed by atoms with Gasteiger partial charge in [-0.05, 0) is 80.2 Å².